The van der Waals surface area contributed by atoms with E-state index in [-0.39, 0.29) is 30.0 Å². The fraction of sp³-hybridized carbons (Fsp3) is 0.350. The molecule has 0 bridgehead atoms. The molecule has 6 nitrogen and oxygen atoms in total. The van der Waals surface area contributed by atoms with Gasteiger partial charge in [-0.05, 0) is 23.8 Å². The van der Waals surface area contributed by atoms with Crippen molar-refractivity contribution in [3.63, 3.8) is 0 Å². The van der Waals surface area contributed by atoms with E-state index in [4.69, 9.17) is 26.8 Å². The van der Waals surface area contributed by atoms with Crippen LogP contribution in [-0.4, -0.2) is 50.8 Å². The zero-order chi connectivity index (χ0) is 19.1. The molecule has 3 rings (SSSR count). The summed E-state index contributed by atoms with van der Waals surface area (Å²) in [4.78, 5) is 6.91. The van der Waals surface area contributed by atoms with Crippen molar-refractivity contribution in [2.24, 2.45) is 10.7 Å². The van der Waals surface area contributed by atoms with Crippen LogP contribution in [0.2, 0.25) is 5.02 Å². The van der Waals surface area contributed by atoms with Gasteiger partial charge in [-0.1, -0.05) is 35.9 Å². The Hall–Kier alpha value is -1.55. The van der Waals surface area contributed by atoms with Gasteiger partial charge in [-0.2, -0.15) is 0 Å². The molecule has 3 N–H and O–H groups in total. The first kappa shape index (κ1) is 22.7. The molecule has 0 aromatic heterocycles. The maximum atomic E-state index is 6.45. The molecule has 152 valence electrons. The molecule has 1 aliphatic rings. The van der Waals surface area contributed by atoms with E-state index in [0.717, 1.165) is 35.1 Å². The Balaban J connectivity index is 0.00000280. The van der Waals surface area contributed by atoms with Gasteiger partial charge in [-0.3, -0.25) is 9.89 Å². The monoisotopic (exact) mass is 516 g/mol. The van der Waals surface area contributed by atoms with Gasteiger partial charge in [0.1, 0.15) is 5.75 Å². The predicted molar refractivity (Wildman–Crippen MR) is 125 cm³/mol. The highest BCUT2D eigenvalue weighted by atomic mass is 127. The molecule has 0 radical (unpaired) electrons. The van der Waals surface area contributed by atoms with Crippen LogP contribution in [-0.2, 0) is 4.74 Å². The van der Waals surface area contributed by atoms with Gasteiger partial charge in [0, 0.05) is 29.9 Å². The summed E-state index contributed by atoms with van der Waals surface area (Å²) in [6.07, 6.45) is 0. The molecule has 1 saturated heterocycles. The third-order valence-corrected chi connectivity index (χ3v) is 4.87. The fourth-order valence-electron chi connectivity index (χ4n) is 3.12. The summed E-state index contributed by atoms with van der Waals surface area (Å²) in [5, 5.41) is 3.85. The number of morpholine rings is 1. The summed E-state index contributed by atoms with van der Waals surface area (Å²) in [6, 6.07) is 15.5. The van der Waals surface area contributed by atoms with Crippen LogP contribution in [0.15, 0.2) is 53.5 Å². The Kier molecular flexibility index (Phi) is 9.30. The molecule has 0 saturated carbocycles. The average molecular weight is 517 g/mol. The minimum atomic E-state index is 0. The molecule has 1 unspecified atom stereocenters. The second-order valence-electron chi connectivity index (χ2n) is 6.27. The van der Waals surface area contributed by atoms with Crippen molar-refractivity contribution in [2.45, 2.75) is 6.04 Å². The number of nitrogens with two attached hydrogens (primary N) is 1. The lowest BCUT2D eigenvalue weighted by Crippen LogP contribution is -2.40. The van der Waals surface area contributed by atoms with Gasteiger partial charge >= 0.3 is 0 Å². The number of halogens is 2. The SMILES string of the molecule is COc1cccc(NC(N)=NCC(c2ccccc2Cl)N2CCOCC2)c1.I. The number of nitrogens with zero attached hydrogens (tertiary/aromatic N) is 2. The van der Waals surface area contributed by atoms with Gasteiger partial charge < -0.3 is 20.5 Å². The molecule has 28 heavy (non-hydrogen) atoms. The van der Waals surface area contributed by atoms with Crippen LogP contribution in [0.4, 0.5) is 5.69 Å². The minimum absolute atomic E-state index is 0. The van der Waals surface area contributed by atoms with Gasteiger partial charge in [0.05, 0.1) is 32.9 Å². The van der Waals surface area contributed by atoms with E-state index >= 15 is 0 Å². The van der Waals surface area contributed by atoms with Crippen molar-refractivity contribution >= 4 is 47.2 Å². The second-order valence-corrected chi connectivity index (χ2v) is 6.68. The van der Waals surface area contributed by atoms with Gasteiger partial charge in [0.25, 0.3) is 0 Å². The highest BCUT2D eigenvalue weighted by molar-refractivity contribution is 14.0. The topological polar surface area (TPSA) is 72.1 Å². The number of aliphatic imine (C=N–C) groups is 1. The molecule has 0 aliphatic carbocycles. The summed E-state index contributed by atoms with van der Waals surface area (Å²) in [5.74, 6) is 1.11. The number of nitrogens with one attached hydrogen (secondary N) is 1. The summed E-state index contributed by atoms with van der Waals surface area (Å²) in [6.45, 7) is 3.61. The quantitative estimate of drug-likeness (QED) is 0.347. The van der Waals surface area contributed by atoms with E-state index in [9.17, 15) is 0 Å². The van der Waals surface area contributed by atoms with Crippen LogP contribution in [0, 0.1) is 0 Å². The Morgan fingerprint density at radius 3 is 2.71 bits per heavy atom. The lowest BCUT2D eigenvalue weighted by molar-refractivity contribution is 0.0180. The van der Waals surface area contributed by atoms with E-state index in [2.05, 4.69) is 15.2 Å². The Morgan fingerprint density at radius 2 is 2.00 bits per heavy atom. The zero-order valence-corrected chi connectivity index (χ0v) is 18.9. The number of guanidine groups is 1. The van der Waals surface area contributed by atoms with Crippen LogP contribution in [0.25, 0.3) is 0 Å². The largest absolute Gasteiger partial charge is 0.497 e. The molecule has 1 heterocycles. The standard InChI is InChI=1S/C20H25ClN4O2.HI/c1-26-16-6-4-5-15(13-16)24-20(22)23-14-19(25-9-11-27-12-10-25)17-7-2-3-8-18(17)21;/h2-8,13,19H,9-12,14H2,1H3,(H3,22,23,24);1H. The first-order valence-corrected chi connectivity index (χ1v) is 9.32. The fourth-order valence-corrected chi connectivity index (χ4v) is 3.38. The van der Waals surface area contributed by atoms with Crippen molar-refractivity contribution in [3.8, 4) is 5.75 Å². The molecular weight excluding hydrogens is 491 g/mol. The highest BCUT2D eigenvalue weighted by Gasteiger charge is 2.24. The summed E-state index contributed by atoms with van der Waals surface area (Å²) >= 11 is 6.45. The average Bonchev–Trinajstić information content (AvgIpc) is 2.70. The van der Waals surface area contributed by atoms with Crippen LogP contribution in [0.5, 0.6) is 5.75 Å². The summed E-state index contributed by atoms with van der Waals surface area (Å²) in [7, 11) is 1.63. The van der Waals surface area contributed by atoms with Crippen LogP contribution >= 0.6 is 35.6 Å². The van der Waals surface area contributed by atoms with Crippen LogP contribution in [0.3, 0.4) is 0 Å². The Bertz CT molecular complexity index is 784. The van der Waals surface area contributed by atoms with E-state index in [1.807, 2.05) is 48.5 Å². The maximum Gasteiger partial charge on any atom is 0.193 e. The van der Waals surface area contributed by atoms with Crippen molar-refractivity contribution in [1.82, 2.24) is 4.90 Å². The molecule has 1 fully saturated rings. The number of ether oxygens (including phenoxy) is 2. The first-order valence-electron chi connectivity index (χ1n) is 8.94. The molecule has 0 spiro atoms. The van der Waals surface area contributed by atoms with E-state index in [1.165, 1.54) is 0 Å². The molecule has 1 aliphatic heterocycles. The van der Waals surface area contributed by atoms with Crippen LogP contribution < -0.4 is 15.8 Å². The number of benzene rings is 2. The number of methoxy groups -OCH3 is 1. The number of hydrogen-bond donors (Lipinski definition) is 2. The first-order chi connectivity index (χ1) is 13.2. The summed E-state index contributed by atoms with van der Waals surface area (Å²) < 4.78 is 10.7. The van der Waals surface area contributed by atoms with Crippen molar-refractivity contribution in [2.75, 3.05) is 45.3 Å². The van der Waals surface area contributed by atoms with Gasteiger partial charge in [0.2, 0.25) is 0 Å². The predicted octanol–water partition coefficient (Wildman–Crippen LogP) is 3.77. The lowest BCUT2D eigenvalue weighted by atomic mass is 10.0. The number of rotatable bonds is 6. The zero-order valence-electron chi connectivity index (χ0n) is 15.8. The number of hydrogen-bond acceptors (Lipinski definition) is 4. The van der Waals surface area contributed by atoms with E-state index in [0.29, 0.717) is 25.7 Å². The molecular formula is C20H26ClIN4O2. The van der Waals surface area contributed by atoms with E-state index in [1.54, 1.807) is 7.11 Å². The van der Waals surface area contributed by atoms with Gasteiger partial charge in [0.15, 0.2) is 5.96 Å². The molecule has 8 heteroatoms. The van der Waals surface area contributed by atoms with Gasteiger partial charge in [-0.25, -0.2) is 0 Å². The molecule has 2 aromatic rings. The molecule has 0 amide bonds. The van der Waals surface area contributed by atoms with E-state index < -0.39 is 0 Å². The van der Waals surface area contributed by atoms with Crippen molar-refractivity contribution in [3.05, 3.63) is 59.1 Å². The van der Waals surface area contributed by atoms with Crippen molar-refractivity contribution < 1.29 is 9.47 Å². The highest BCUT2D eigenvalue weighted by Crippen LogP contribution is 2.28. The number of anilines is 1. The minimum Gasteiger partial charge on any atom is -0.497 e. The van der Waals surface area contributed by atoms with Crippen LogP contribution in [0.1, 0.15) is 11.6 Å². The Labute approximate surface area is 188 Å². The van der Waals surface area contributed by atoms with Gasteiger partial charge in [-0.15, -0.1) is 24.0 Å². The smallest absolute Gasteiger partial charge is 0.193 e. The summed E-state index contributed by atoms with van der Waals surface area (Å²) in [5.41, 5.74) is 8.00. The maximum absolute atomic E-state index is 6.45. The lowest BCUT2D eigenvalue weighted by Gasteiger charge is -2.34. The second kappa shape index (κ2) is 11.5. The third kappa shape index (κ3) is 6.23. The molecule has 1 atom stereocenters. The third-order valence-electron chi connectivity index (χ3n) is 4.53. The normalized spacial score (nSPS) is 16.1. The molecule has 2 aromatic carbocycles. The van der Waals surface area contributed by atoms with Crippen molar-refractivity contribution in [1.29, 1.82) is 0 Å². The Morgan fingerprint density at radius 1 is 1.25 bits per heavy atom.